The first kappa shape index (κ1) is 10.9. The molecule has 2 heterocycles. The van der Waals surface area contributed by atoms with E-state index in [1.165, 1.54) is 32.6 Å². The topological polar surface area (TPSA) is 38.9 Å². The Hall–Kier alpha value is -2.20. The molecule has 2 aromatic heterocycles. The van der Waals surface area contributed by atoms with Crippen LogP contribution in [0.2, 0.25) is 0 Å². The second kappa shape index (κ2) is 4.98. The molecule has 0 radical (unpaired) electrons. The SMILES string of the molecule is c1ccc2c(c1)sc1ccccc12.c1conn1. The summed E-state index contributed by atoms with van der Waals surface area (Å²) in [4.78, 5) is 0. The molecule has 0 aliphatic rings. The fraction of sp³-hybridized carbons (Fsp3) is 0. The van der Waals surface area contributed by atoms with Crippen LogP contribution in [0.5, 0.6) is 0 Å². The Bertz CT molecular complexity index is 679. The molecule has 0 aliphatic carbocycles. The van der Waals surface area contributed by atoms with E-state index in [4.69, 9.17) is 0 Å². The van der Waals surface area contributed by atoms with Gasteiger partial charge in [0.25, 0.3) is 0 Å². The molecule has 88 valence electrons. The molecular formula is C14H10N2OS. The third-order valence-corrected chi connectivity index (χ3v) is 3.72. The van der Waals surface area contributed by atoms with Gasteiger partial charge in [0.2, 0.25) is 0 Å². The fourth-order valence-corrected chi connectivity index (χ4v) is 2.92. The molecule has 0 bridgehead atoms. The summed E-state index contributed by atoms with van der Waals surface area (Å²) >= 11 is 1.86. The number of rotatable bonds is 0. The molecule has 0 atom stereocenters. The van der Waals surface area contributed by atoms with E-state index >= 15 is 0 Å². The van der Waals surface area contributed by atoms with Gasteiger partial charge in [-0.25, -0.2) is 0 Å². The maximum Gasteiger partial charge on any atom is 0.144 e. The lowest BCUT2D eigenvalue weighted by Gasteiger charge is -1.88. The van der Waals surface area contributed by atoms with Crippen molar-refractivity contribution in [2.75, 3.05) is 0 Å². The number of benzene rings is 2. The van der Waals surface area contributed by atoms with Gasteiger partial charge in [0.15, 0.2) is 0 Å². The summed E-state index contributed by atoms with van der Waals surface area (Å²) in [5.41, 5.74) is 0. The van der Waals surface area contributed by atoms with E-state index in [9.17, 15) is 0 Å². The molecule has 2 aromatic carbocycles. The van der Waals surface area contributed by atoms with E-state index < -0.39 is 0 Å². The van der Waals surface area contributed by atoms with Gasteiger partial charge >= 0.3 is 0 Å². The zero-order valence-corrected chi connectivity index (χ0v) is 10.3. The van der Waals surface area contributed by atoms with Gasteiger partial charge in [0.05, 0.1) is 6.20 Å². The third kappa shape index (κ3) is 2.10. The van der Waals surface area contributed by atoms with Crippen molar-refractivity contribution >= 4 is 31.5 Å². The van der Waals surface area contributed by atoms with Gasteiger partial charge in [-0.2, -0.15) is 0 Å². The molecule has 4 rings (SSSR count). The van der Waals surface area contributed by atoms with E-state index in [-0.39, 0.29) is 0 Å². The quantitative estimate of drug-likeness (QED) is 0.473. The molecule has 0 unspecified atom stereocenters. The van der Waals surface area contributed by atoms with Gasteiger partial charge in [-0.1, -0.05) is 36.4 Å². The molecule has 0 fully saturated rings. The Morgan fingerprint density at radius 2 is 1.44 bits per heavy atom. The summed E-state index contributed by atoms with van der Waals surface area (Å²) in [6.07, 6.45) is 2.88. The van der Waals surface area contributed by atoms with Crippen LogP contribution in [0, 0.1) is 0 Å². The molecular weight excluding hydrogens is 244 g/mol. The smallest absolute Gasteiger partial charge is 0.144 e. The second-order valence-corrected chi connectivity index (χ2v) is 4.77. The summed E-state index contributed by atoms with van der Waals surface area (Å²) in [5.74, 6) is 0. The van der Waals surface area contributed by atoms with Gasteiger partial charge in [-0.15, -0.1) is 16.4 Å². The van der Waals surface area contributed by atoms with E-state index in [0.29, 0.717) is 0 Å². The van der Waals surface area contributed by atoms with E-state index in [2.05, 4.69) is 63.4 Å². The minimum absolute atomic E-state index is 1.38. The van der Waals surface area contributed by atoms with Crippen molar-refractivity contribution in [3.63, 3.8) is 0 Å². The molecule has 0 spiro atoms. The summed E-state index contributed by atoms with van der Waals surface area (Å²) < 4.78 is 6.98. The molecule has 4 heteroatoms. The fourth-order valence-electron chi connectivity index (χ4n) is 1.81. The lowest BCUT2D eigenvalue weighted by Crippen LogP contribution is -1.62. The van der Waals surface area contributed by atoms with Crippen LogP contribution in [0.25, 0.3) is 20.2 Å². The van der Waals surface area contributed by atoms with Crippen LogP contribution in [0.3, 0.4) is 0 Å². The highest BCUT2D eigenvalue weighted by Gasteiger charge is 2.01. The molecule has 0 saturated carbocycles. The maximum atomic E-state index is 4.22. The number of aromatic nitrogens is 2. The summed E-state index contributed by atoms with van der Waals surface area (Å²) in [5, 5.41) is 9.16. The molecule has 18 heavy (non-hydrogen) atoms. The maximum absolute atomic E-state index is 4.22. The highest BCUT2D eigenvalue weighted by molar-refractivity contribution is 7.25. The van der Waals surface area contributed by atoms with Gasteiger partial charge < -0.3 is 4.52 Å². The second-order valence-electron chi connectivity index (χ2n) is 3.68. The standard InChI is InChI=1S/C12H8S.C2H2N2O/c1-3-7-11-9(5-1)10-6-2-4-8-12(10)13-11;1-2-5-4-3-1/h1-8H;1-2H. The number of hydrogen-bond acceptors (Lipinski definition) is 4. The molecule has 0 saturated heterocycles. The van der Waals surface area contributed by atoms with Crippen molar-refractivity contribution in [2.24, 2.45) is 0 Å². The minimum atomic E-state index is 1.38. The zero-order chi connectivity index (χ0) is 12.2. The first-order valence-electron chi connectivity index (χ1n) is 5.52. The van der Waals surface area contributed by atoms with Crippen molar-refractivity contribution < 1.29 is 4.52 Å². The van der Waals surface area contributed by atoms with Crippen molar-refractivity contribution in [3.8, 4) is 0 Å². The summed E-state index contributed by atoms with van der Waals surface area (Å²) in [6, 6.07) is 17.1. The van der Waals surface area contributed by atoms with Crippen LogP contribution in [-0.2, 0) is 0 Å². The summed E-state index contributed by atoms with van der Waals surface area (Å²) in [6.45, 7) is 0. The molecule has 0 aliphatic heterocycles. The first-order valence-corrected chi connectivity index (χ1v) is 6.34. The van der Waals surface area contributed by atoms with Gasteiger partial charge in [-0.05, 0) is 12.1 Å². The van der Waals surface area contributed by atoms with Crippen LogP contribution < -0.4 is 0 Å². The van der Waals surface area contributed by atoms with Crippen molar-refractivity contribution in [2.45, 2.75) is 0 Å². The molecule has 0 amide bonds. The Kier molecular flexibility index (Phi) is 3.02. The van der Waals surface area contributed by atoms with E-state index in [0.717, 1.165) is 0 Å². The lowest BCUT2D eigenvalue weighted by atomic mass is 10.2. The molecule has 4 aromatic rings. The molecule has 3 nitrogen and oxygen atoms in total. The Morgan fingerprint density at radius 3 is 1.89 bits per heavy atom. The number of hydrogen-bond donors (Lipinski definition) is 0. The van der Waals surface area contributed by atoms with Crippen LogP contribution in [0.15, 0.2) is 65.5 Å². The minimum Gasteiger partial charge on any atom is -0.346 e. The van der Waals surface area contributed by atoms with Gasteiger partial charge in [0.1, 0.15) is 6.26 Å². The highest BCUT2D eigenvalue weighted by atomic mass is 32.1. The van der Waals surface area contributed by atoms with E-state index in [1.807, 2.05) is 11.3 Å². The van der Waals surface area contributed by atoms with Crippen molar-refractivity contribution in [1.29, 1.82) is 0 Å². The average Bonchev–Trinajstić information content (AvgIpc) is 3.10. The first-order chi connectivity index (χ1) is 8.95. The molecule has 0 N–H and O–H groups in total. The van der Waals surface area contributed by atoms with Crippen molar-refractivity contribution in [1.82, 2.24) is 10.4 Å². The number of fused-ring (bicyclic) bond motifs is 3. The Morgan fingerprint density at radius 1 is 0.833 bits per heavy atom. The predicted molar refractivity (Wildman–Crippen MR) is 73.6 cm³/mol. The van der Waals surface area contributed by atoms with E-state index in [1.54, 1.807) is 0 Å². The van der Waals surface area contributed by atoms with Gasteiger partial charge in [-0.3, -0.25) is 0 Å². The Balaban J connectivity index is 0.000000169. The number of nitrogens with zero attached hydrogens (tertiary/aromatic N) is 2. The van der Waals surface area contributed by atoms with Crippen LogP contribution in [0.4, 0.5) is 0 Å². The van der Waals surface area contributed by atoms with Crippen LogP contribution in [0.1, 0.15) is 0 Å². The van der Waals surface area contributed by atoms with Crippen LogP contribution >= 0.6 is 11.3 Å². The van der Waals surface area contributed by atoms with Crippen LogP contribution in [-0.4, -0.2) is 10.4 Å². The summed E-state index contributed by atoms with van der Waals surface area (Å²) in [7, 11) is 0. The zero-order valence-electron chi connectivity index (χ0n) is 9.48. The Labute approximate surface area is 108 Å². The number of thiophene rings is 1. The lowest BCUT2D eigenvalue weighted by molar-refractivity contribution is 0.393. The highest BCUT2D eigenvalue weighted by Crippen LogP contribution is 2.32. The monoisotopic (exact) mass is 254 g/mol. The van der Waals surface area contributed by atoms with Crippen molar-refractivity contribution in [3.05, 3.63) is 61.0 Å². The largest absolute Gasteiger partial charge is 0.346 e. The normalized spacial score (nSPS) is 10.2. The third-order valence-electron chi connectivity index (χ3n) is 2.57. The predicted octanol–water partition coefficient (Wildman–Crippen LogP) is 4.12. The average molecular weight is 254 g/mol. The van der Waals surface area contributed by atoms with Gasteiger partial charge in [0, 0.05) is 25.4 Å².